The summed E-state index contributed by atoms with van der Waals surface area (Å²) in [6, 6.07) is 4.77. The van der Waals surface area contributed by atoms with Crippen LogP contribution in [0.4, 0.5) is 5.69 Å². The SMILES string of the molecule is COC(=O)C[C@H]1CC[C@H]2[C@H](COc3ccc(NC(=O)c4cscn4)cc3C(=O)N2C)O1. The van der Waals surface area contributed by atoms with E-state index in [1.165, 1.54) is 18.4 Å². The second-order valence-electron chi connectivity index (χ2n) is 7.49. The number of carbonyl (C=O) groups excluding carboxylic acids is 3. The number of esters is 1. The van der Waals surface area contributed by atoms with E-state index in [1.807, 2.05) is 0 Å². The molecule has 1 saturated heterocycles. The Morgan fingerprint density at radius 3 is 2.94 bits per heavy atom. The van der Waals surface area contributed by atoms with E-state index in [2.05, 4.69) is 10.3 Å². The molecule has 2 amide bonds. The molecule has 10 heteroatoms. The number of amides is 2. The van der Waals surface area contributed by atoms with Crippen LogP contribution in [0.15, 0.2) is 29.1 Å². The molecule has 4 rings (SSSR count). The predicted octanol–water partition coefficient (Wildman–Crippen LogP) is 2.34. The summed E-state index contributed by atoms with van der Waals surface area (Å²) in [6.07, 6.45) is 0.895. The summed E-state index contributed by atoms with van der Waals surface area (Å²) in [5, 5.41) is 4.42. The Labute approximate surface area is 183 Å². The molecule has 2 aliphatic rings. The van der Waals surface area contributed by atoms with Crippen molar-refractivity contribution in [2.45, 2.75) is 37.5 Å². The highest BCUT2D eigenvalue weighted by atomic mass is 32.1. The normalized spacial score (nSPS) is 23.0. The molecule has 0 saturated carbocycles. The first-order valence-corrected chi connectivity index (χ1v) is 10.9. The van der Waals surface area contributed by atoms with Gasteiger partial charge in [-0.2, -0.15) is 0 Å². The smallest absolute Gasteiger partial charge is 0.308 e. The number of hydrogen-bond donors (Lipinski definition) is 1. The van der Waals surface area contributed by atoms with Crippen LogP contribution in [0, 0.1) is 0 Å². The Kier molecular flexibility index (Phi) is 6.19. The zero-order valence-corrected chi connectivity index (χ0v) is 18.0. The van der Waals surface area contributed by atoms with Crippen LogP contribution in [0.3, 0.4) is 0 Å². The Balaban J connectivity index is 1.52. The molecule has 31 heavy (non-hydrogen) atoms. The molecule has 2 aromatic rings. The summed E-state index contributed by atoms with van der Waals surface area (Å²) >= 11 is 1.33. The van der Waals surface area contributed by atoms with Crippen LogP contribution < -0.4 is 10.1 Å². The topological polar surface area (TPSA) is 107 Å². The van der Waals surface area contributed by atoms with Gasteiger partial charge < -0.3 is 24.4 Å². The third-order valence-electron chi connectivity index (χ3n) is 5.56. The van der Waals surface area contributed by atoms with E-state index in [9.17, 15) is 14.4 Å². The van der Waals surface area contributed by atoms with E-state index < -0.39 is 0 Å². The summed E-state index contributed by atoms with van der Waals surface area (Å²) < 4.78 is 16.7. The number of anilines is 1. The quantitative estimate of drug-likeness (QED) is 0.720. The fourth-order valence-corrected chi connectivity index (χ4v) is 4.43. The molecule has 1 aromatic carbocycles. The number of benzene rings is 1. The average molecular weight is 445 g/mol. The molecule has 0 spiro atoms. The van der Waals surface area contributed by atoms with Crippen molar-refractivity contribution in [1.29, 1.82) is 0 Å². The van der Waals surface area contributed by atoms with Gasteiger partial charge in [-0.1, -0.05) is 0 Å². The average Bonchev–Trinajstić information content (AvgIpc) is 3.32. The number of nitrogens with one attached hydrogen (secondary N) is 1. The van der Waals surface area contributed by atoms with E-state index in [0.29, 0.717) is 35.5 Å². The van der Waals surface area contributed by atoms with Gasteiger partial charge in [0.05, 0.1) is 36.8 Å². The Bertz CT molecular complexity index is 979. The second kappa shape index (κ2) is 9.03. The minimum atomic E-state index is -0.352. The Morgan fingerprint density at radius 2 is 2.19 bits per heavy atom. The third kappa shape index (κ3) is 4.54. The van der Waals surface area contributed by atoms with Crippen molar-refractivity contribution in [1.82, 2.24) is 9.88 Å². The molecular formula is C21H23N3O6S. The first-order chi connectivity index (χ1) is 15.0. The fraction of sp³-hybridized carbons (Fsp3) is 0.429. The lowest BCUT2D eigenvalue weighted by Gasteiger charge is -2.42. The molecule has 1 aromatic heterocycles. The highest BCUT2D eigenvalue weighted by Crippen LogP contribution is 2.32. The van der Waals surface area contributed by atoms with Crippen LogP contribution in [0.1, 0.15) is 40.1 Å². The molecule has 9 nitrogen and oxygen atoms in total. The molecule has 0 aliphatic carbocycles. The highest BCUT2D eigenvalue weighted by Gasteiger charge is 2.39. The maximum Gasteiger partial charge on any atom is 0.308 e. The van der Waals surface area contributed by atoms with E-state index in [0.717, 1.165) is 0 Å². The fourth-order valence-electron chi connectivity index (χ4n) is 3.89. The van der Waals surface area contributed by atoms with Crippen LogP contribution in [0.5, 0.6) is 5.75 Å². The Hall–Kier alpha value is -2.98. The largest absolute Gasteiger partial charge is 0.490 e. The van der Waals surface area contributed by atoms with Gasteiger partial charge in [0.15, 0.2) is 0 Å². The maximum atomic E-state index is 13.2. The summed E-state index contributed by atoms with van der Waals surface area (Å²) in [5.74, 6) is -0.464. The molecule has 3 atom stereocenters. The van der Waals surface area contributed by atoms with Crippen LogP contribution in [-0.4, -0.2) is 66.7 Å². The molecule has 0 unspecified atom stereocenters. The van der Waals surface area contributed by atoms with Gasteiger partial charge in [0.1, 0.15) is 24.2 Å². The van der Waals surface area contributed by atoms with Crippen LogP contribution in [0.2, 0.25) is 0 Å². The van der Waals surface area contributed by atoms with Gasteiger partial charge in [-0.3, -0.25) is 14.4 Å². The minimum absolute atomic E-state index is 0.177. The molecular weight excluding hydrogens is 422 g/mol. The number of thiazole rings is 1. The summed E-state index contributed by atoms with van der Waals surface area (Å²) in [6.45, 7) is 0.248. The zero-order valence-electron chi connectivity index (χ0n) is 17.2. The molecule has 0 bridgehead atoms. The number of aromatic nitrogens is 1. The second-order valence-corrected chi connectivity index (χ2v) is 8.21. The Morgan fingerprint density at radius 1 is 1.35 bits per heavy atom. The summed E-state index contributed by atoms with van der Waals surface area (Å²) in [4.78, 5) is 42.7. The summed E-state index contributed by atoms with van der Waals surface area (Å²) in [7, 11) is 3.09. The van der Waals surface area contributed by atoms with E-state index >= 15 is 0 Å². The third-order valence-corrected chi connectivity index (χ3v) is 6.14. The lowest BCUT2D eigenvalue weighted by molar-refractivity contribution is -0.151. The monoisotopic (exact) mass is 445 g/mol. The predicted molar refractivity (Wildman–Crippen MR) is 112 cm³/mol. The van der Waals surface area contributed by atoms with Crippen LogP contribution in [-0.2, 0) is 14.3 Å². The van der Waals surface area contributed by atoms with Crippen molar-refractivity contribution in [2.24, 2.45) is 0 Å². The van der Waals surface area contributed by atoms with Crippen LogP contribution in [0.25, 0.3) is 0 Å². The molecule has 1 N–H and O–H groups in total. The van der Waals surface area contributed by atoms with Gasteiger partial charge in [0.25, 0.3) is 11.8 Å². The standard InChI is InChI=1S/C21H23N3O6S/c1-24-16-5-4-13(8-19(25)28-2)30-18(16)9-29-17-6-3-12(7-14(17)21(24)27)23-20(26)15-10-31-11-22-15/h3,6-7,10-11,13,16,18H,4-5,8-9H2,1-2H3,(H,23,26)/t13-,16+,18+/m1/s1. The number of rotatable bonds is 4. The number of carbonyl (C=O) groups is 3. The van der Waals surface area contributed by atoms with Gasteiger partial charge in [-0.05, 0) is 31.0 Å². The van der Waals surface area contributed by atoms with E-state index in [-0.39, 0.29) is 49.1 Å². The van der Waals surface area contributed by atoms with Gasteiger partial charge in [0, 0.05) is 18.1 Å². The number of methoxy groups -OCH3 is 1. The first kappa shape index (κ1) is 21.3. The molecule has 1 fully saturated rings. The lowest BCUT2D eigenvalue weighted by Crippen LogP contribution is -2.53. The first-order valence-electron chi connectivity index (χ1n) is 9.92. The van der Waals surface area contributed by atoms with Crippen LogP contribution >= 0.6 is 11.3 Å². The summed E-state index contributed by atoms with van der Waals surface area (Å²) in [5.41, 5.74) is 2.76. The maximum absolute atomic E-state index is 13.2. The van der Waals surface area contributed by atoms with Crippen molar-refractivity contribution in [2.75, 3.05) is 26.1 Å². The van der Waals surface area contributed by atoms with Crippen molar-refractivity contribution < 1.29 is 28.6 Å². The number of fused-ring (bicyclic) bond motifs is 2. The molecule has 164 valence electrons. The van der Waals surface area contributed by atoms with Crippen molar-refractivity contribution >= 4 is 34.8 Å². The highest BCUT2D eigenvalue weighted by molar-refractivity contribution is 7.07. The number of nitrogens with zero attached hydrogens (tertiary/aromatic N) is 2. The number of hydrogen-bond acceptors (Lipinski definition) is 8. The van der Waals surface area contributed by atoms with E-state index in [4.69, 9.17) is 14.2 Å². The van der Waals surface area contributed by atoms with Gasteiger partial charge in [-0.15, -0.1) is 11.3 Å². The number of likely N-dealkylation sites (N-methyl/N-ethyl adjacent to an activating group) is 1. The molecule has 0 radical (unpaired) electrons. The van der Waals surface area contributed by atoms with Crippen molar-refractivity contribution in [3.63, 3.8) is 0 Å². The van der Waals surface area contributed by atoms with Gasteiger partial charge >= 0.3 is 5.97 Å². The van der Waals surface area contributed by atoms with Crippen molar-refractivity contribution in [3.8, 4) is 5.75 Å². The molecule has 3 heterocycles. The lowest BCUT2D eigenvalue weighted by atomic mass is 9.94. The van der Waals surface area contributed by atoms with E-state index in [1.54, 1.807) is 41.0 Å². The van der Waals surface area contributed by atoms with Gasteiger partial charge in [0.2, 0.25) is 0 Å². The number of ether oxygens (including phenoxy) is 3. The zero-order chi connectivity index (χ0) is 22.0. The molecule has 2 aliphatic heterocycles. The minimum Gasteiger partial charge on any atom is -0.490 e. The van der Waals surface area contributed by atoms with Gasteiger partial charge in [-0.25, -0.2) is 4.98 Å². The van der Waals surface area contributed by atoms with Crippen molar-refractivity contribution in [3.05, 3.63) is 40.3 Å².